The fourth-order valence-electron chi connectivity index (χ4n) is 0.912. The maximum atomic E-state index is 9.30. The van der Waals surface area contributed by atoms with E-state index in [0.29, 0.717) is 11.1 Å². The zero-order valence-corrected chi connectivity index (χ0v) is 7.73. The van der Waals surface area contributed by atoms with Crippen molar-refractivity contribution >= 4 is 23.2 Å². The van der Waals surface area contributed by atoms with Gasteiger partial charge in [0.15, 0.2) is 0 Å². The summed E-state index contributed by atoms with van der Waals surface area (Å²) in [5.41, 5.74) is 1.01. The molecule has 1 aromatic carbocycles. The monoisotopic (exact) mass is 206 g/mol. The van der Waals surface area contributed by atoms with Crippen molar-refractivity contribution in [2.24, 2.45) is 0 Å². The standard InChI is InChI=1S/C8H8Cl2O2/c9-3-5-1-7(11)6(4-10)8(12)2-5/h1-2,11-12H,3-4H2. The van der Waals surface area contributed by atoms with Gasteiger partial charge in [-0.05, 0) is 17.7 Å². The summed E-state index contributed by atoms with van der Waals surface area (Å²) in [5, 5.41) is 18.6. The Morgan fingerprint density at radius 3 is 1.83 bits per heavy atom. The SMILES string of the molecule is Oc1cc(CCl)cc(O)c1CCl. The summed E-state index contributed by atoms with van der Waals surface area (Å²) in [6.45, 7) is 0. The molecule has 0 fully saturated rings. The van der Waals surface area contributed by atoms with Crippen molar-refractivity contribution in [3.63, 3.8) is 0 Å². The molecule has 0 aliphatic heterocycles. The van der Waals surface area contributed by atoms with Gasteiger partial charge in [-0.3, -0.25) is 0 Å². The van der Waals surface area contributed by atoms with Crippen LogP contribution in [0.1, 0.15) is 11.1 Å². The molecule has 0 heterocycles. The number of phenolic OH excluding ortho intramolecular Hbond substituents is 2. The molecule has 2 N–H and O–H groups in total. The highest BCUT2D eigenvalue weighted by Crippen LogP contribution is 2.30. The summed E-state index contributed by atoms with van der Waals surface area (Å²) in [7, 11) is 0. The van der Waals surface area contributed by atoms with Crippen LogP contribution in [-0.4, -0.2) is 10.2 Å². The van der Waals surface area contributed by atoms with E-state index in [2.05, 4.69) is 0 Å². The summed E-state index contributed by atoms with van der Waals surface area (Å²) in [4.78, 5) is 0. The predicted molar refractivity (Wildman–Crippen MR) is 48.9 cm³/mol. The Labute approximate surface area is 80.4 Å². The van der Waals surface area contributed by atoms with Gasteiger partial charge in [0, 0.05) is 5.88 Å². The number of rotatable bonds is 2. The highest BCUT2D eigenvalue weighted by molar-refractivity contribution is 6.18. The Morgan fingerprint density at radius 1 is 1.00 bits per heavy atom. The zero-order valence-electron chi connectivity index (χ0n) is 6.22. The van der Waals surface area contributed by atoms with Crippen molar-refractivity contribution in [2.75, 3.05) is 0 Å². The topological polar surface area (TPSA) is 40.5 Å². The molecule has 12 heavy (non-hydrogen) atoms. The first-order valence-electron chi connectivity index (χ1n) is 3.34. The second kappa shape index (κ2) is 3.87. The lowest BCUT2D eigenvalue weighted by Gasteiger charge is -2.05. The minimum Gasteiger partial charge on any atom is -0.507 e. The van der Waals surface area contributed by atoms with E-state index < -0.39 is 0 Å². The first-order chi connectivity index (χ1) is 5.69. The molecule has 0 aliphatic carbocycles. The van der Waals surface area contributed by atoms with Gasteiger partial charge < -0.3 is 10.2 Å². The van der Waals surface area contributed by atoms with E-state index in [4.69, 9.17) is 23.2 Å². The Kier molecular flexibility index (Phi) is 3.06. The average molecular weight is 207 g/mol. The predicted octanol–water partition coefficient (Wildman–Crippen LogP) is 2.58. The van der Waals surface area contributed by atoms with E-state index in [9.17, 15) is 10.2 Å². The van der Waals surface area contributed by atoms with E-state index in [1.54, 1.807) is 0 Å². The summed E-state index contributed by atoms with van der Waals surface area (Å²) >= 11 is 11.0. The molecule has 2 nitrogen and oxygen atoms in total. The molecular weight excluding hydrogens is 199 g/mol. The average Bonchev–Trinajstić information content (AvgIpc) is 2.03. The fourth-order valence-corrected chi connectivity index (χ4v) is 1.34. The van der Waals surface area contributed by atoms with Crippen LogP contribution in [0.3, 0.4) is 0 Å². The number of halogens is 2. The highest BCUT2D eigenvalue weighted by atomic mass is 35.5. The van der Waals surface area contributed by atoms with Crippen molar-refractivity contribution < 1.29 is 10.2 Å². The van der Waals surface area contributed by atoms with Crippen molar-refractivity contribution in [1.82, 2.24) is 0 Å². The van der Waals surface area contributed by atoms with Gasteiger partial charge in [-0.1, -0.05) is 0 Å². The smallest absolute Gasteiger partial charge is 0.124 e. The van der Waals surface area contributed by atoms with Crippen LogP contribution >= 0.6 is 23.2 Å². The molecule has 0 aliphatic rings. The van der Waals surface area contributed by atoms with Gasteiger partial charge in [-0.2, -0.15) is 0 Å². The third-order valence-electron chi connectivity index (χ3n) is 1.55. The van der Waals surface area contributed by atoms with Crippen LogP contribution < -0.4 is 0 Å². The van der Waals surface area contributed by atoms with Crippen molar-refractivity contribution in [2.45, 2.75) is 11.8 Å². The molecule has 0 bridgehead atoms. The van der Waals surface area contributed by atoms with E-state index >= 15 is 0 Å². The van der Waals surface area contributed by atoms with E-state index in [-0.39, 0.29) is 23.3 Å². The van der Waals surface area contributed by atoms with Crippen LogP contribution in [0.4, 0.5) is 0 Å². The summed E-state index contributed by atoms with van der Waals surface area (Å²) in [6, 6.07) is 2.98. The molecule has 0 radical (unpaired) electrons. The number of phenols is 2. The van der Waals surface area contributed by atoms with Crippen LogP contribution in [0.2, 0.25) is 0 Å². The molecule has 1 rings (SSSR count). The number of hydrogen-bond acceptors (Lipinski definition) is 2. The minimum atomic E-state index is -0.0133. The number of alkyl halides is 2. The van der Waals surface area contributed by atoms with E-state index in [0.717, 1.165) is 0 Å². The molecular formula is C8H8Cl2O2. The molecule has 0 unspecified atom stereocenters. The van der Waals surface area contributed by atoms with Crippen LogP contribution in [0.5, 0.6) is 11.5 Å². The van der Waals surface area contributed by atoms with Crippen molar-refractivity contribution in [3.8, 4) is 11.5 Å². The second-order valence-corrected chi connectivity index (χ2v) is 2.91. The van der Waals surface area contributed by atoms with Gasteiger partial charge in [0.25, 0.3) is 0 Å². The Bertz CT molecular complexity index is 263. The van der Waals surface area contributed by atoms with Crippen LogP contribution in [-0.2, 0) is 11.8 Å². The summed E-state index contributed by atoms with van der Waals surface area (Å²) in [5.74, 6) is 0.311. The molecule has 0 aromatic heterocycles. The summed E-state index contributed by atoms with van der Waals surface area (Å²) < 4.78 is 0. The Balaban J connectivity index is 3.18. The normalized spacial score (nSPS) is 10.2. The quantitative estimate of drug-likeness (QED) is 0.731. The molecule has 0 spiro atoms. The third kappa shape index (κ3) is 1.76. The maximum Gasteiger partial charge on any atom is 0.124 e. The lowest BCUT2D eigenvalue weighted by molar-refractivity contribution is 0.441. The molecule has 1 aromatic rings. The van der Waals surface area contributed by atoms with Crippen molar-refractivity contribution in [1.29, 1.82) is 0 Å². The zero-order chi connectivity index (χ0) is 9.14. The number of hydrogen-bond donors (Lipinski definition) is 2. The first kappa shape index (κ1) is 9.49. The highest BCUT2D eigenvalue weighted by Gasteiger charge is 2.07. The number of benzene rings is 1. The van der Waals surface area contributed by atoms with Crippen LogP contribution in [0.25, 0.3) is 0 Å². The van der Waals surface area contributed by atoms with Gasteiger partial charge in [0.1, 0.15) is 11.5 Å². The van der Waals surface area contributed by atoms with Crippen LogP contribution in [0, 0.1) is 0 Å². The second-order valence-electron chi connectivity index (χ2n) is 2.38. The van der Waals surface area contributed by atoms with Crippen molar-refractivity contribution in [3.05, 3.63) is 23.3 Å². The molecule has 0 amide bonds. The van der Waals surface area contributed by atoms with Gasteiger partial charge in [0.2, 0.25) is 0 Å². The molecule has 66 valence electrons. The van der Waals surface area contributed by atoms with Gasteiger partial charge >= 0.3 is 0 Å². The lowest BCUT2D eigenvalue weighted by Crippen LogP contribution is -1.85. The Hall–Kier alpha value is -0.600. The molecule has 0 atom stereocenters. The first-order valence-corrected chi connectivity index (χ1v) is 4.41. The third-order valence-corrected chi connectivity index (χ3v) is 2.13. The van der Waals surface area contributed by atoms with E-state index in [1.165, 1.54) is 12.1 Å². The Morgan fingerprint density at radius 2 is 1.50 bits per heavy atom. The fraction of sp³-hybridized carbons (Fsp3) is 0.250. The molecule has 0 saturated heterocycles. The molecule has 0 saturated carbocycles. The summed E-state index contributed by atoms with van der Waals surface area (Å²) in [6.07, 6.45) is 0. The lowest BCUT2D eigenvalue weighted by atomic mass is 10.1. The molecule has 4 heteroatoms. The van der Waals surface area contributed by atoms with Gasteiger partial charge in [0.05, 0.1) is 11.4 Å². The largest absolute Gasteiger partial charge is 0.507 e. The minimum absolute atomic E-state index is 0.0133. The van der Waals surface area contributed by atoms with Crippen LogP contribution in [0.15, 0.2) is 12.1 Å². The van der Waals surface area contributed by atoms with Gasteiger partial charge in [-0.15, -0.1) is 23.2 Å². The number of aromatic hydroxyl groups is 2. The van der Waals surface area contributed by atoms with Gasteiger partial charge in [-0.25, -0.2) is 0 Å². The van der Waals surface area contributed by atoms with E-state index in [1.807, 2.05) is 0 Å². The maximum absolute atomic E-state index is 9.30.